The molecule has 2 unspecified atom stereocenters. The number of rotatable bonds is 6. The molecule has 212 valence electrons. The van der Waals surface area contributed by atoms with Crippen LogP contribution in [0, 0.1) is 5.82 Å². The molecule has 1 N–H and O–H groups in total. The molecule has 2 aromatic carbocycles. The van der Waals surface area contributed by atoms with Gasteiger partial charge in [0.1, 0.15) is 29.4 Å². The Kier molecular flexibility index (Phi) is 6.00. The van der Waals surface area contributed by atoms with Crippen LogP contribution in [0.1, 0.15) is 38.5 Å². The number of hydrogen-bond donors (Lipinski definition) is 1. The highest BCUT2D eigenvalue weighted by atomic mass is 19.1. The van der Waals surface area contributed by atoms with Crippen molar-refractivity contribution >= 4 is 27.5 Å². The summed E-state index contributed by atoms with van der Waals surface area (Å²) >= 11 is 0. The van der Waals surface area contributed by atoms with Gasteiger partial charge >= 0.3 is 6.01 Å². The van der Waals surface area contributed by atoms with Crippen molar-refractivity contribution < 1.29 is 13.9 Å². The Bertz CT molecular complexity index is 1620. The minimum atomic E-state index is -0.464. The van der Waals surface area contributed by atoms with Crippen molar-refractivity contribution in [1.29, 1.82) is 0 Å². The maximum absolute atomic E-state index is 16.7. The molecule has 4 fully saturated rings. The topological polar surface area (TPSA) is 75.6 Å². The maximum Gasteiger partial charge on any atom is 0.319 e. The first-order valence-electron chi connectivity index (χ1n) is 14.9. The molecule has 8 nitrogen and oxygen atoms in total. The molecule has 0 radical (unpaired) electrons. The minimum Gasteiger partial charge on any atom is -0.496 e. The highest BCUT2D eigenvalue weighted by molar-refractivity contribution is 6.02. The van der Waals surface area contributed by atoms with Crippen LogP contribution in [0.4, 0.5) is 10.2 Å². The molecule has 8 rings (SSSR count). The van der Waals surface area contributed by atoms with Crippen LogP contribution in [-0.4, -0.2) is 77.4 Å². The minimum absolute atomic E-state index is 0.0497. The fourth-order valence-corrected chi connectivity index (χ4v) is 7.82. The standard InChI is InChI=1S/C32H35FN6O2/c1-40-25-9-3-7-20-6-2-8-23(26(20)25)28-27(33)29-24(16-34-28)30(38-17-21-10-11-22(18-38)35-21)37-31(36-29)41-19-32-12-4-14-39(32)15-5-13-32/h2-3,6-9,16,21-22,35H,4-5,10-15,17-19H2,1H3. The maximum atomic E-state index is 16.7. The van der Waals surface area contributed by atoms with Crippen molar-refractivity contribution in [2.24, 2.45) is 0 Å². The highest BCUT2D eigenvalue weighted by Gasteiger charge is 2.45. The summed E-state index contributed by atoms with van der Waals surface area (Å²) < 4.78 is 28.7. The molecule has 4 saturated heterocycles. The van der Waals surface area contributed by atoms with Gasteiger partial charge in [-0.15, -0.1) is 0 Å². The molecule has 0 spiro atoms. The van der Waals surface area contributed by atoms with Crippen LogP contribution >= 0.6 is 0 Å². The summed E-state index contributed by atoms with van der Waals surface area (Å²) in [5.41, 5.74) is 1.22. The van der Waals surface area contributed by atoms with E-state index >= 15 is 4.39 Å². The molecule has 0 saturated carbocycles. The third-order valence-corrected chi connectivity index (χ3v) is 9.78. The van der Waals surface area contributed by atoms with Gasteiger partial charge in [-0.2, -0.15) is 9.97 Å². The Morgan fingerprint density at radius 2 is 1.78 bits per heavy atom. The number of nitrogens with one attached hydrogen (secondary N) is 1. The lowest BCUT2D eigenvalue weighted by Crippen LogP contribution is -2.51. The van der Waals surface area contributed by atoms with Gasteiger partial charge < -0.3 is 19.7 Å². The number of benzene rings is 2. The van der Waals surface area contributed by atoms with Crippen LogP contribution in [0.15, 0.2) is 42.6 Å². The van der Waals surface area contributed by atoms with Crippen LogP contribution in [0.3, 0.4) is 0 Å². The second-order valence-corrected chi connectivity index (χ2v) is 12.1. The Labute approximate surface area is 238 Å². The number of anilines is 1. The number of aromatic nitrogens is 3. The highest BCUT2D eigenvalue weighted by Crippen LogP contribution is 2.41. The van der Waals surface area contributed by atoms with Crippen LogP contribution < -0.4 is 19.7 Å². The number of methoxy groups -OCH3 is 1. The third-order valence-electron chi connectivity index (χ3n) is 9.78. The zero-order valence-electron chi connectivity index (χ0n) is 23.4. The molecule has 4 aliphatic heterocycles. The lowest BCUT2D eigenvalue weighted by atomic mass is 9.95. The lowest BCUT2D eigenvalue weighted by molar-refractivity contribution is 0.108. The second-order valence-electron chi connectivity index (χ2n) is 12.1. The van der Waals surface area contributed by atoms with Gasteiger partial charge in [-0.1, -0.05) is 30.3 Å². The Morgan fingerprint density at radius 3 is 2.54 bits per heavy atom. The van der Waals surface area contributed by atoms with Crippen molar-refractivity contribution in [3.05, 3.63) is 48.4 Å². The molecule has 9 heteroatoms. The van der Waals surface area contributed by atoms with Crippen LogP contribution in [-0.2, 0) is 0 Å². The average Bonchev–Trinajstić information content (AvgIpc) is 3.69. The fourth-order valence-electron chi connectivity index (χ4n) is 7.82. The number of ether oxygens (including phenoxy) is 2. The number of piperazine rings is 1. The van der Waals surface area contributed by atoms with Gasteiger partial charge in [-0.3, -0.25) is 9.88 Å². The quantitative estimate of drug-likeness (QED) is 0.359. The average molecular weight is 555 g/mol. The largest absolute Gasteiger partial charge is 0.496 e. The van der Waals surface area contributed by atoms with Crippen molar-refractivity contribution in [3.8, 4) is 23.0 Å². The van der Waals surface area contributed by atoms with Crippen LogP contribution in [0.2, 0.25) is 0 Å². The van der Waals surface area contributed by atoms with E-state index < -0.39 is 5.82 Å². The van der Waals surface area contributed by atoms with Crippen molar-refractivity contribution in [2.45, 2.75) is 56.1 Å². The van der Waals surface area contributed by atoms with Gasteiger partial charge in [0.15, 0.2) is 5.82 Å². The molecule has 0 aliphatic carbocycles. The van der Waals surface area contributed by atoms with E-state index in [4.69, 9.17) is 24.4 Å². The van der Waals surface area contributed by atoms with Gasteiger partial charge in [-0.25, -0.2) is 4.39 Å². The van der Waals surface area contributed by atoms with E-state index in [0.717, 1.165) is 62.6 Å². The number of pyridine rings is 1. The summed E-state index contributed by atoms with van der Waals surface area (Å²) in [7, 11) is 1.63. The number of nitrogens with zero attached hydrogens (tertiary/aromatic N) is 5. The summed E-state index contributed by atoms with van der Waals surface area (Å²) in [4.78, 5) is 19.2. The van der Waals surface area contributed by atoms with Crippen molar-refractivity contribution in [1.82, 2.24) is 25.2 Å². The van der Waals surface area contributed by atoms with E-state index in [1.54, 1.807) is 13.3 Å². The predicted molar refractivity (Wildman–Crippen MR) is 157 cm³/mol. The molecule has 0 amide bonds. The molecule has 2 aromatic heterocycles. The first kappa shape index (κ1) is 25.2. The van der Waals surface area contributed by atoms with E-state index in [0.29, 0.717) is 41.2 Å². The van der Waals surface area contributed by atoms with E-state index in [-0.39, 0.29) is 22.8 Å². The first-order chi connectivity index (χ1) is 20.1. The zero-order chi connectivity index (χ0) is 27.6. The second kappa shape index (κ2) is 9.77. The van der Waals surface area contributed by atoms with Crippen LogP contribution in [0.25, 0.3) is 32.9 Å². The van der Waals surface area contributed by atoms with Gasteiger partial charge in [0, 0.05) is 42.3 Å². The first-order valence-corrected chi connectivity index (χ1v) is 14.9. The van der Waals surface area contributed by atoms with E-state index in [1.807, 2.05) is 36.4 Å². The van der Waals surface area contributed by atoms with Gasteiger partial charge in [-0.05, 0) is 63.1 Å². The number of hydrogen-bond acceptors (Lipinski definition) is 8. The Morgan fingerprint density at radius 1 is 1.02 bits per heavy atom. The third kappa shape index (κ3) is 4.12. The normalized spacial score (nSPS) is 23.4. The molecular formula is C32H35FN6O2. The molecule has 2 bridgehead atoms. The molecule has 4 aromatic rings. The summed E-state index contributed by atoms with van der Waals surface area (Å²) in [5, 5.41) is 6.09. The molecule has 2 atom stereocenters. The Balaban J connectivity index is 1.26. The van der Waals surface area contributed by atoms with Gasteiger partial charge in [0.25, 0.3) is 0 Å². The number of halogens is 1. The lowest BCUT2D eigenvalue weighted by Gasteiger charge is -2.34. The molecule has 6 heterocycles. The number of fused-ring (bicyclic) bond motifs is 5. The van der Waals surface area contributed by atoms with Crippen molar-refractivity contribution in [2.75, 3.05) is 44.8 Å². The smallest absolute Gasteiger partial charge is 0.319 e. The van der Waals surface area contributed by atoms with Crippen LogP contribution in [0.5, 0.6) is 11.8 Å². The fraction of sp³-hybridized carbons (Fsp3) is 0.469. The van der Waals surface area contributed by atoms with Crippen molar-refractivity contribution in [3.63, 3.8) is 0 Å². The SMILES string of the molecule is COc1cccc2cccc(-c3ncc4c(N5CC6CCC(C5)N6)nc(OCC56CCCN5CCC6)nc4c3F)c12. The summed E-state index contributed by atoms with van der Waals surface area (Å²) in [6.07, 6.45) is 8.65. The zero-order valence-corrected chi connectivity index (χ0v) is 23.4. The van der Waals surface area contributed by atoms with E-state index in [9.17, 15) is 0 Å². The van der Waals surface area contributed by atoms with E-state index in [2.05, 4.69) is 15.1 Å². The molecule has 4 aliphatic rings. The van der Waals surface area contributed by atoms with Gasteiger partial charge in [0.2, 0.25) is 0 Å². The predicted octanol–water partition coefficient (Wildman–Crippen LogP) is 4.94. The van der Waals surface area contributed by atoms with E-state index in [1.165, 1.54) is 12.8 Å². The summed E-state index contributed by atoms with van der Waals surface area (Å²) in [6, 6.07) is 12.7. The summed E-state index contributed by atoms with van der Waals surface area (Å²) in [6.45, 7) is 4.42. The summed E-state index contributed by atoms with van der Waals surface area (Å²) in [5.74, 6) is 0.929. The molecule has 41 heavy (non-hydrogen) atoms. The Hall–Kier alpha value is -3.56. The monoisotopic (exact) mass is 554 g/mol. The molecular weight excluding hydrogens is 519 g/mol. The van der Waals surface area contributed by atoms with Gasteiger partial charge in [0.05, 0.1) is 18.0 Å².